The van der Waals surface area contributed by atoms with E-state index in [2.05, 4.69) is 0 Å². The van der Waals surface area contributed by atoms with E-state index >= 15 is 0 Å². The molecule has 1 amide bonds. The largest absolute Gasteiger partial charge is 0.496 e. The van der Waals surface area contributed by atoms with E-state index in [0.29, 0.717) is 18.7 Å². The Morgan fingerprint density at radius 1 is 1.16 bits per heavy atom. The number of carbonyl (C=O) groups excluding carboxylic acids is 2. The first-order valence-corrected chi connectivity index (χ1v) is 6.61. The van der Waals surface area contributed by atoms with Crippen molar-refractivity contribution in [1.29, 1.82) is 0 Å². The van der Waals surface area contributed by atoms with Crippen molar-refractivity contribution in [3.63, 3.8) is 0 Å². The third-order valence-electron chi connectivity index (χ3n) is 3.49. The zero-order valence-corrected chi connectivity index (χ0v) is 11.4. The second-order valence-corrected chi connectivity index (χ2v) is 4.87. The molecule has 0 aromatic heterocycles. The number of piperidine rings is 1. The summed E-state index contributed by atoms with van der Waals surface area (Å²) in [7, 11) is 1.59. The molecule has 4 heteroatoms. The maximum absolute atomic E-state index is 12.2. The summed E-state index contributed by atoms with van der Waals surface area (Å²) in [6, 6.07) is 5.09. The number of ether oxygens (including phenoxy) is 1. The van der Waals surface area contributed by atoms with Gasteiger partial charge in [-0.15, -0.1) is 0 Å². The minimum atomic E-state index is -0.423. The molecule has 0 aliphatic carbocycles. The van der Waals surface area contributed by atoms with Crippen LogP contribution in [0.5, 0.6) is 5.75 Å². The van der Waals surface area contributed by atoms with Gasteiger partial charge in [0.25, 0.3) is 5.91 Å². The zero-order valence-electron chi connectivity index (χ0n) is 11.4. The Labute approximate surface area is 113 Å². The van der Waals surface area contributed by atoms with Crippen LogP contribution in [-0.4, -0.2) is 36.8 Å². The Hall–Kier alpha value is -1.84. The van der Waals surface area contributed by atoms with E-state index in [-0.39, 0.29) is 5.91 Å². The minimum Gasteiger partial charge on any atom is -0.496 e. The Morgan fingerprint density at radius 2 is 1.84 bits per heavy atom. The van der Waals surface area contributed by atoms with E-state index in [1.165, 1.54) is 0 Å². The lowest BCUT2D eigenvalue weighted by atomic mass is 10.0. The van der Waals surface area contributed by atoms with Crippen molar-refractivity contribution in [2.45, 2.75) is 26.2 Å². The number of hydrogen-bond donors (Lipinski definition) is 0. The van der Waals surface area contributed by atoms with E-state index < -0.39 is 5.78 Å². The summed E-state index contributed by atoms with van der Waals surface area (Å²) in [6.45, 7) is 3.25. The van der Waals surface area contributed by atoms with Gasteiger partial charge in [0, 0.05) is 18.7 Å². The summed E-state index contributed by atoms with van der Waals surface area (Å²) in [6.07, 6.45) is 3.11. The Morgan fingerprint density at radius 3 is 2.42 bits per heavy atom. The lowest BCUT2D eigenvalue weighted by molar-refractivity contribution is -0.127. The van der Waals surface area contributed by atoms with Gasteiger partial charge in [-0.1, -0.05) is 0 Å². The molecule has 0 unspecified atom stereocenters. The average Bonchev–Trinajstić information content (AvgIpc) is 2.46. The highest BCUT2D eigenvalue weighted by Gasteiger charge is 2.24. The van der Waals surface area contributed by atoms with E-state index in [0.717, 1.165) is 30.6 Å². The van der Waals surface area contributed by atoms with Crippen molar-refractivity contribution >= 4 is 11.7 Å². The fraction of sp³-hybridized carbons (Fsp3) is 0.467. The number of methoxy groups -OCH3 is 1. The highest BCUT2D eigenvalue weighted by atomic mass is 16.5. The van der Waals surface area contributed by atoms with Crippen LogP contribution in [-0.2, 0) is 4.79 Å². The van der Waals surface area contributed by atoms with Crippen LogP contribution in [0.3, 0.4) is 0 Å². The SMILES string of the molecule is COc1ccc(C(=O)C(=O)N2CCCCC2)cc1C. The van der Waals surface area contributed by atoms with E-state index in [4.69, 9.17) is 4.74 Å². The summed E-state index contributed by atoms with van der Waals surface area (Å²) >= 11 is 0. The monoisotopic (exact) mass is 261 g/mol. The summed E-state index contributed by atoms with van der Waals surface area (Å²) < 4.78 is 5.15. The Kier molecular flexibility index (Phi) is 4.20. The number of nitrogens with zero attached hydrogens (tertiary/aromatic N) is 1. The van der Waals surface area contributed by atoms with Gasteiger partial charge in [-0.05, 0) is 49.9 Å². The molecule has 0 atom stereocenters. The molecule has 1 heterocycles. The first-order valence-electron chi connectivity index (χ1n) is 6.61. The molecule has 0 saturated carbocycles. The molecular formula is C15H19NO3. The van der Waals surface area contributed by atoms with Gasteiger partial charge < -0.3 is 9.64 Å². The summed E-state index contributed by atoms with van der Waals surface area (Å²) in [4.78, 5) is 25.9. The van der Waals surface area contributed by atoms with Crippen molar-refractivity contribution < 1.29 is 14.3 Å². The summed E-state index contributed by atoms with van der Waals surface area (Å²) in [5.41, 5.74) is 1.30. The van der Waals surface area contributed by atoms with Crippen LogP contribution in [0.4, 0.5) is 0 Å². The van der Waals surface area contributed by atoms with Gasteiger partial charge in [0.1, 0.15) is 5.75 Å². The number of benzene rings is 1. The number of hydrogen-bond acceptors (Lipinski definition) is 3. The van der Waals surface area contributed by atoms with Crippen LogP contribution in [0.2, 0.25) is 0 Å². The number of likely N-dealkylation sites (tertiary alicyclic amines) is 1. The van der Waals surface area contributed by atoms with Gasteiger partial charge >= 0.3 is 0 Å². The third kappa shape index (κ3) is 2.95. The van der Waals surface area contributed by atoms with Crippen LogP contribution in [0, 0.1) is 6.92 Å². The van der Waals surface area contributed by atoms with E-state index in [9.17, 15) is 9.59 Å². The Balaban J connectivity index is 2.14. The molecule has 1 aliphatic heterocycles. The number of rotatable bonds is 3. The minimum absolute atomic E-state index is 0.385. The smallest absolute Gasteiger partial charge is 0.294 e. The molecule has 0 spiro atoms. The molecule has 19 heavy (non-hydrogen) atoms. The van der Waals surface area contributed by atoms with Crippen LogP contribution in [0.25, 0.3) is 0 Å². The lowest BCUT2D eigenvalue weighted by Gasteiger charge is -2.25. The Bertz CT molecular complexity index is 490. The highest BCUT2D eigenvalue weighted by molar-refractivity contribution is 6.42. The van der Waals surface area contributed by atoms with Crippen molar-refractivity contribution in [2.24, 2.45) is 0 Å². The van der Waals surface area contributed by atoms with Crippen LogP contribution >= 0.6 is 0 Å². The van der Waals surface area contributed by atoms with Crippen LogP contribution < -0.4 is 4.74 Å². The highest BCUT2D eigenvalue weighted by Crippen LogP contribution is 2.19. The molecule has 0 radical (unpaired) electrons. The maximum Gasteiger partial charge on any atom is 0.294 e. The van der Waals surface area contributed by atoms with Gasteiger partial charge in [-0.25, -0.2) is 0 Å². The van der Waals surface area contributed by atoms with Crippen molar-refractivity contribution in [3.8, 4) is 5.75 Å². The lowest BCUT2D eigenvalue weighted by Crippen LogP contribution is -2.40. The molecule has 1 aromatic carbocycles. The zero-order chi connectivity index (χ0) is 13.8. The van der Waals surface area contributed by atoms with E-state index in [1.54, 1.807) is 30.2 Å². The fourth-order valence-corrected chi connectivity index (χ4v) is 2.38. The van der Waals surface area contributed by atoms with Gasteiger partial charge in [0.2, 0.25) is 5.78 Å². The molecule has 1 aliphatic rings. The predicted molar refractivity (Wildman–Crippen MR) is 72.5 cm³/mol. The standard InChI is InChI=1S/C15H19NO3/c1-11-10-12(6-7-13(11)19-2)14(17)15(18)16-8-4-3-5-9-16/h6-7,10H,3-5,8-9H2,1-2H3. The molecule has 1 fully saturated rings. The normalized spacial score (nSPS) is 15.2. The molecular weight excluding hydrogens is 242 g/mol. The van der Waals surface area contributed by atoms with Gasteiger partial charge in [-0.3, -0.25) is 9.59 Å². The molecule has 2 rings (SSSR count). The number of ketones is 1. The fourth-order valence-electron chi connectivity index (χ4n) is 2.38. The molecule has 4 nitrogen and oxygen atoms in total. The van der Waals surface area contributed by atoms with Gasteiger partial charge in [-0.2, -0.15) is 0 Å². The number of Topliss-reactive ketones (excluding diaryl/α,β-unsaturated/α-hetero) is 1. The van der Waals surface area contributed by atoms with Crippen LogP contribution in [0.1, 0.15) is 35.2 Å². The number of aryl methyl sites for hydroxylation is 1. The van der Waals surface area contributed by atoms with Crippen LogP contribution in [0.15, 0.2) is 18.2 Å². The van der Waals surface area contributed by atoms with E-state index in [1.807, 2.05) is 6.92 Å². The summed E-state index contributed by atoms with van der Waals surface area (Å²) in [5.74, 6) is -0.0844. The van der Waals surface area contributed by atoms with Gasteiger partial charge in [0.15, 0.2) is 0 Å². The summed E-state index contributed by atoms with van der Waals surface area (Å²) in [5, 5.41) is 0. The number of amides is 1. The van der Waals surface area contributed by atoms with Crippen molar-refractivity contribution in [1.82, 2.24) is 4.90 Å². The quantitative estimate of drug-likeness (QED) is 0.619. The number of carbonyl (C=O) groups is 2. The van der Waals surface area contributed by atoms with Crippen molar-refractivity contribution in [3.05, 3.63) is 29.3 Å². The molecule has 1 aromatic rings. The first kappa shape index (κ1) is 13.6. The first-order chi connectivity index (χ1) is 9.13. The maximum atomic E-state index is 12.2. The average molecular weight is 261 g/mol. The predicted octanol–water partition coefficient (Wildman–Crippen LogP) is 2.20. The van der Waals surface area contributed by atoms with Gasteiger partial charge in [0.05, 0.1) is 7.11 Å². The topological polar surface area (TPSA) is 46.6 Å². The molecule has 102 valence electrons. The second-order valence-electron chi connectivity index (χ2n) is 4.87. The molecule has 1 saturated heterocycles. The van der Waals surface area contributed by atoms with Crippen molar-refractivity contribution in [2.75, 3.05) is 20.2 Å². The second kappa shape index (κ2) is 5.87. The molecule has 0 bridgehead atoms. The molecule has 0 N–H and O–H groups in total. The third-order valence-corrected chi connectivity index (χ3v) is 3.49.